The molecule has 0 N–H and O–H groups in total. The van der Waals surface area contributed by atoms with E-state index < -0.39 is 17.2 Å². The van der Waals surface area contributed by atoms with Crippen molar-refractivity contribution in [2.75, 3.05) is 6.79 Å². The molecule has 0 amide bonds. The van der Waals surface area contributed by atoms with Gasteiger partial charge in [0.2, 0.25) is 0 Å². The number of benzene rings is 1. The first-order chi connectivity index (χ1) is 11.9. The lowest BCUT2D eigenvalue weighted by molar-refractivity contribution is -0.123. The van der Waals surface area contributed by atoms with Crippen LogP contribution >= 0.6 is 0 Å². The maximum atomic E-state index is 14.2. The average molecular weight is 348 g/mol. The standard InChI is InChI=1S/C20H22F2O3/c1-4-5-14-10-20(19(9-18(14)23)24-11-25-20)13(3)7-15-8-16(21)12(2)6-17(15)22/h4,6,8-9,13-14H,1,5,7,10-11H2,2-3H3/t13-,14-,20+/m0/s1. The van der Waals surface area contributed by atoms with Gasteiger partial charge in [0.05, 0.1) is 0 Å². The topological polar surface area (TPSA) is 35.5 Å². The van der Waals surface area contributed by atoms with Crippen molar-refractivity contribution in [3.8, 4) is 0 Å². The summed E-state index contributed by atoms with van der Waals surface area (Å²) in [6.07, 6.45) is 4.51. The first-order valence-electron chi connectivity index (χ1n) is 8.45. The minimum absolute atomic E-state index is 0.00390. The van der Waals surface area contributed by atoms with Crippen molar-refractivity contribution < 1.29 is 23.0 Å². The van der Waals surface area contributed by atoms with Crippen LogP contribution in [0.3, 0.4) is 0 Å². The van der Waals surface area contributed by atoms with E-state index in [1.165, 1.54) is 25.1 Å². The molecule has 1 heterocycles. The number of ketones is 1. The minimum atomic E-state index is -0.782. The fourth-order valence-corrected chi connectivity index (χ4v) is 3.75. The average Bonchev–Trinajstić information content (AvgIpc) is 2.97. The van der Waals surface area contributed by atoms with Crippen molar-refractivity contribution in [3.63, 3.8) is 0 Å². The molecule has 0 spiro atoms. The Kier molecular flexibility index (Phi) is 4.78. The van der Waals surface area contributed by atoms with Crippen molar-refractivity contribution in [2.45, 2.75) is 38.7 Å². The Bertz CT molecular complexity index is 741. The van der Waals surface area contributed by atoms with Gasteiger partial charge in [-0.25, -0.2) is 8.78 Å². The molecule has 3 nitrogen and oxygen atoms in total. The van der Waals surface area contributed by atoms with Crippen molar-refractivity contribution in [3.05, 3.63) is 59.4 Å². The number of carbonyl (C=O) groups is 1. The van der Waals surface area contributed by atoms with Gasteiger partial charge in [-0.1, -0.05) is 13.0 Å². The SMILES string of the molecule is C=CC[C@H]1C[C@]2([C@@H](C)Cc3cc(F)c(C)cc3F)OCOC2=CC1=O. The zero-order chi connectivity index (χ0) is 18.2. The summed E-state index contributed by atoms with van der Waals surface area (Å²) in [5.74, 6) is -0.776. The van der Waals surface area contributed by atoms with Gasteiger partial charge < -0.3 is 9.47 Å². The number of hydrogen-bond donors (Lipinski definition) is 0. The van der Waals surface area contributed by atoms with E-state index in [-0.39, 0.29) is 30.0 Å². The number of fused-ring (bicyclic) bond motifs is 1. The van der Waals surface area contributed by atoms with Crippen molar-refractivity contribution in [1.82, 2.24) is 0 Å². The Morgan fingerprint density at radius 3 is 2.88 bits per heavy atom. The van der Waals surface area contributed by atoms with Gasteiger partial charge in [0.1, 0.15) is 23.0 Å². The molecule has 2 aliphatic rings. The van der Waals surface area contributed by atoms with Crippen LogP contribution in [0.2, 0.25) is 0 Å². The number of aryl methyl sites for hydroxylation is 1. The molecular formula is C20H22F2O3. The summed E-state index contributed by atoms with van der Waals surface area (Å²) in [6, 6.07) is 2.45. The van der Waals surface area contributed by atoms with Gasteiger partial charge in [-0.2, -0.15) is 0 Å². The summed E-state index contributed by atoms with van der Waals surface area (Å²) >= 11 is 0. The van der Waals surface area contributed by atoms with E-state index in [1.54, 1.807) is 6.08 Å². The van der Waals surface area contributed by atoms with Crippen LogP contribution in [0.5, 0.6) is 0 Å². The normalized spacial score (nSPS) is 26.6. The van der Waals surface area contributed by atoms with Gasteiger partial charge in [0, 0.05) is 12.0 Å². The van der Waals surface area contributed by atoms with Gasteiger partial charge in [-0.15, -0.1) is 6.58 Å². The van der Waals surface area contributed by atoms with Gasteiger partial charge in [-0.3, -0.25) is 4.79 Å². The Morgan fingerprint density at radius 2 is 2.16 bits per heavy atom. The first kappa shape index (κ1) is 17.8. The molecule has 1 aromatic carbocycles. The van der Waals surface area contributed by atoms with E-state index >= 15 is 0 Å². The number of rotatable bonds is 5. The van der Waals surface area contributed by atoms with Gasteiger partial charge in [0.15, 0.2) is 12.6 Å². The van der Waals surface area contributed by atoms with Crippen LogP contribution in [0.25, 0.3) is 0 Å². The molecule has 134 valence electrons. The minimum Gasteiger partial charge on any atom is -0.469 e. The third-order valence-corrected chi connectivity index (χ3v) is 5.27. The number of carbonyl (C=O) groups excluding carboxylic acids is 1. The van der Waals surface area contributed by atoms with Crippen molar-refractivity contribution in [1.29, 1.82) is 0 Å². The highest BCUT2D eigenvalue weighted by Crippen LogP contribution is 2.46. The van der Waals surface area contributed by atoms with Crippen LogP contribution < -0.4 is 0 Å². The Hall–Kier alpha value is -2.01. The van der Waals surface area contributed by atoms with E-state index in [2.05, 4.69) is 6.58 Å². The summed E-state index contributed by atoms with van der Waals surface area (Å²) in [5.41, 5.74) is -0.200. The molecule has 3 atom stereocenters. The third-order valence-electron chi connectivity index (χ3n) is 5.27. The largest absolute Gasteiger partial charge is 0.469 e. The molecule has 0 aromatic heterocycles. The second-order valence-corrected chi connectivity index (χ2v) is 6.93. The van der Waals surface area contributed by atoms with Crippen LogP contribution in [0.15, 0.2) is 36.6 Å². The van der Waals surface area contributed by atoms with Crippen LogP contribution in [0.1, 0.15) is 30.9 Å². The molecule has 0 radical (unpaired) electrons. The van der Waals surface area contributed by atoms with E-state index in [4.69, 9.17) is 9.47 Å². The van der Waals surface area contributed by atoms with Gasteiger partial charge in [0.25, 0.3) is 0 Å². The fraction of sp³-hybridized carbons (Fsp3) is 0.450. The van der Waals surface area contributed by atoms with Crippen LogP contribution in [0, 0.1) is 30.4 Å². The Morgan fingerprint density at radius 1 is 1.40 bits per heavy atom. The molecule has 25 heavy (non-hydrogen) atoms. The monoisotopic (exact) mass is 348 g/mol. The molecule has 3 rings (SSSR count). The predicted molar refractivity (Wildman–Crippen MR) is 89.7 cm³/mol. The highest BCUT2D eigenvalue weighted by atomic mass is 19.1. The molecule has 5 heteroatoms. The number of allylic oxidation sites excluding steroid dienone is 2. The fourth-order valence-electron chi connectivity index (χ4n) is 3.75. The molecule has 1 aliphatic carbocycles. The van der Waals surface area contributed by atoms with Crippen LogP contribution in [-0.4, -0.2) is 18.2 Å². The quantitative estimate of drug-likeness (QED) is 0.747. The summed E-state index contributed by atoms with van der Waals surface area (Å²) in [6.45, 7) is 7.22. The summed E-state index contributed by atoms with van der Waals surface area (Å²) in [4.78, 5) is 12.2. The Balaban J connectivity index is 1.90. The second kappa shape index (κ2) is 6.71. The molecule has 1 saturated heterocycles. The molecular weight excluding hydrogens is 326 g/mol. The second-order valence-electron chi connectivity index (χ2n) is 6.93. The molecule has 0 saturated carbocycles. The molecule has 1 fully saturated rings. The smallest absolute Gasteiger partial charge is 0.189 e. The molecule has 0 unspecified atom stereocenters. The van der Waals surface area contributed by atoms with Crippen LogP contribution in [0.4, 0.5) is 8.78 Å². The lowest BCUT2D eigenvalue weighted by Gasteiger charge is -2.38. The molecule has 1 aliphatic heterocycles. The van der Waals surface area contributed by atoms with Gasteiger partial charge >= 0.3 is 0 Å². The van der Waals surface area contributed by atoms with Crippen molar-refractivity contribution >= 4 is 5.78 Å². The summed E-state index contributed by atoms with van der Waals surface area (Å²) in [7, 11) is 0. The summed E-state index contributed by atoms with van der Waals surface area (Å²) < 4.78 is 39.5. The van der Waals surface area contributed by atoms with E-state index in [0.29, 0.717) is 30.6 Å². The first-order valence-corrected chi connectivity index (χ1v) is 8.45. The Labute approximate surface area is 146 Å². The zero-order valence-corrected chi connectivity index (χ0v) is 14.5. The van der Waals surface area contributed by atoms with Crippen LogP contribution in [-0.2, 0) is 20.7 Å². The van der Waals surface area contributed by atoms with Gasteiger partial charge in [-0.05, 0) is 55.4 Å². The van der Waals surface area contributed by atoms with E-state index in [0.717, 1.165) is 0 Å². The van der Waals surface area contributed by atoms with E-state index in [1.807, 2.05) is 6.92 Å². The maximum absolute atomic E-state index is 14.2. The summed E-state index contributed by atoms with van der Waals surface area (Å²) in [5, 5.41) is 0. The van der Waals surface area contributed by atoms with E-state index in [9.17, 15) is 13.6 Å². The number of ether oxygens (including phenoxy) is 2. The lowest BCUT2D eigenvalue weighted by atomic mass is 9.71. The predicted octanol–water partition coefficient (Wildman–Crippen LogP) is 4.24. The number of halogens is 2. The highest BCUT2D eigenvalue weighted by molar-refractivity contribution is 5.93. The maximum Gasteiger partial charge on any atom is 0.189 e. The highest BCUT2D eigenvalue weighted by Gasteiger charge is 2.51. The molecule has 0 bridgehead atoms. The third kappa shape index (κ3) is 3.13. The zero-order valence-electron chi connectivity index (χ0n) is 14.5. The lowest BCUT2D eigenvalue weighted by Crippen LogP contribution is -2.45. The molecule has 1 aromatic rings. The van der Waals surface area contributed by atoms with Crippen molar-refractivity contribution in [2.24, 2.45) is 11.8 Å². The number of hydrogen-bond acceptors (Lipinski definition) is 3.